The van der Waals surface area contributed by atoms with E-state index in [0.29, 0.717) is 92.3 Å². The van der Waals surface area contributed by atoms with Crippen LogP contribution in [0.3, 0.4) is 0 Å². The number of nitrogens with zero attached hydrogens (tertiary/aromatic N) is 6. The number of unbranched alkanes of at least 4 members (excludes halogenated alkanes) is 6. The van der Waals surface area contributed by atoms with Crippen molar-refractivity contribution in [3.63, 3.8) is 0 Å². The lowest BCUT2D eigenvalue weighted by molar-refractivity contribution is -0.131. The number of nitriles is 1. The summed E-state index contributed by atoms with van der Waals surface area (Å²) in [6, 6.07) is 26.0. The largest absolute Gasteiger partial charge is 0.495 e. The molecule has 478 valence electrons. The van der Waals surface area contributed by atoms with E-state index in [1.807, 2.05) is 50.8 Å². The second-order valence-corrected chi connectivity index (χ2v) is 25.3. The Kier molecular flexibility index (Phi) is 21.7. The molecule has 22 heteroatoms. The van der Waals surface area contributed by atoms with Gasteiger partial charge in [-0.15, -0.1) is 0 Å². The van der Waals surface area contributed by atoms with Gasteiger partial charge in [-0.05, 0) is 110 Å². The Labute approximate surface area is 540 Å². The molecule has 91 heavy (non-hydrogen) atoms. The lowest BCUT2D eigenvalue weighted by Crippen LogP contribution is -2.48. The monoisotopic (exact) mass is 1280 g/mol. The van der Waals surface area contributed by atoms with Crippen LogP contribution in [0, 0.1) is 34.3 Å². The van der Waals surface area contributed by atoms with Gasteiger partial charge < -0.3 is 45.9 Å². The van der Waals surface area contributed by atoms with Crippen molar-refractivity contribution in [1.82, 2.24) is 15.5 Å². The van der Waals surface area contributed by atoms with Crippen LogP contribution >= 0.6 is 23.2 Å². The summed E-state index contributed by atoms with van der Waals surface area (Å²) in [5.74, 6) is -2.92. The van der Waals surface area contributed by atoms with Crippen LogP contribution in [0.1, 0.15) is 113 Å². The highest BCUT2D eigenvalue weighted by Crippen LogP contribution is 2.53. The summed E-state index contributed by atoms with van der Waals surface area (Å²) < 4.78 is 43.8. The van der Waals surface area contributed by atoms with Crippen LogP contribution in [-0.4, -0.2) is 112 Å². The number of carbonyl (C=O) groups excluding carboxylic acids is 5. The molecule has 4 aliphatic heterocycles. The van der Waals surface area contributed by atoms with Gasteiger partial charge in [-0.1, -0.05) is 112 Å². The van der Waals surface area contributed by atoms with Crippen LogP contribution in [-0.2, 0) is 24.6 Å². The normalized spacial score (nSPS) is 19.7. The van der Waals surface area contributed by atoms with Crippen molar-refractivity contribution in [3.05, 3.63) is 160 Å². The van der Waals surface area contributed by atoms with E-state index in [1.165, 1.54) is 49.6 Å². The topological polar surface area (TPSA) is 222 Å². The number of methoxy groups -OCH3 is 2. The molecule has 5 N–H and O–H groups in total. The number of halogens is 4. The summed E-state index contributed by atoms with van der Waals surface area (Å²) in [5, 5.41) is 26.3. The quantitative estimate of drug-likeness (QED) is 0.0306. The van der Waals surface area contributed by atoms with Crippen molar-refractivity contribution >= 4 is 93.0 Å². The van der Waals surface area contributed by atoms with Crippen LogP contribution in [0.25, 0.3) is 0 Å². The third kappa shape index (κ3) is 15.4. The van der Waals surface area contributed by atoms with Crippen LogP contribution in [0.2, 0.25) is 10.0 Å². The molecule has 0 radical (unpaired) electrons. The van der Waals surface area contributed by atoms with Crippen molar-refractivity contribution in [2.75, 3.05) is 79.2 Å². The standard InChI is InChI=1S/C69H77Cl2F2N11O7/c1-8-58(85)77-45-18-16-19-47(37-45)84-60(87)34-42(2)49-40-76-67(81-64(49)84)79-54-28-25-46(38-56(54)91-7)82-30-32-83(33-31-82)59(86)22-14-12-10-9-11-13-15-29-75-65(88)43-23-27-53(55(35-43)90-6)78-66(89)63-61(48-20-17-21-51(71)62(48)73)69(41-74,57(80-63)39-68(3,4)5)50-26-24-44(70)36-52(50)72/h8,16-21,23-28,34-38,49,57,61,63,80H,1,9-15,22,29-33,39-40H2,2-7H3,(H,75,88)(H,76,79)(H,77,85)(H,78,89)/t49?,57-,61-,63+,69-/m0/s1. The maximum absolute atomic E-state index is 16.2. The fraction of sp³-hybridized carbons (Fsp3) is 0.391. The summed E-state index contributed by atoms with van der Waals surface area (Å²) in [6.07, 6.45) is 9.99. The first kappa shape index (κ1) is 66.8. The third-order valence-electron chi connectivity index (χ3n) is 17.1. The highest BCUT2D eigenvalue weighted by atomic mass is 35.5. The summed E-state index contributed by atoms with van der Waals surface area (Å²) in [4.78, 5) is 82.1. The second-order valence-electron chi connectivity index (χ2n) is 24.4. The zero-order valence-electron chi connectivity index (χ0n) is 52.1. The molecule has 18 nitrogen and oxygen atoms in total. The SMILES string of the molecule is C=CC(=O)Nc1cccc(N2C(=O)C=C(C)C3CN=C(Nc4ccc(N5CCN(C(=O)CCCCCCCCCNC(=O)c6ccc(NC(=O)[C@@H]7N[C@@H](CC(C)(C)C)[C@](C#N)(c8ccc(Cl)cc8F)[C@H]7c7cccc(Cl)c7F)c(OC)c6)CC5)cc4OC)N=C32)c1. The van der Waals surface area contributed by atoms with Gasteiger partial charge in [-0.2, -0.15) is 10.3 Å². The summed E-state index contributed by atoms with van der Waals surface area (Å²) >= 11 is 12.5. The molecular formula is C69H77Cl2F2N11O7. The zero-order valence-corrected chi connectivity index (χ0v) is 53.6. The number of amides is 5. The molecule has 5 aromatic rings. The molecule has 0 saturated carbocycles. The molecule has 9 rings (SSSR count). The molecule has 0 bridgehead atoms. The zero-order chi connectivity index (χ0) is 65.1. The summed E-state index contributed by atoms with van der Waals surface area (Å²) in [5.41, 5.74) is 1.73. The predicted molar refractivity (Wildman–Crippen MR) is 354 cm³/mol. The Morgan fingerprint density at radius 1 is 0.846 bits per heavy atom. The Bertz CT molecular complexity index is 3730. The van der Waals surface area contributed by atoms with Crippen molar-refractivity contribution in [2.45, 2.75) is 109 Å². The van der Waals surface area contributed by atoms with E-state index in [9.17, 15) is 29.2 Å². The van der Waals surface area contributed by atoms with Gasteiger partial charge in [-0.25, -0.2) is 13.8 Å². The van der Waals surface area contributed by atoms with E-state index in [-0.39, 0.29) is 62.2 Å². The first-order valence-electron chi connectivity index (χ1n) is 30.7. The lowest BCUT2D eigenvalue weighted by Gasteiger charge is -2.37. The van der Waals surface area contributed by atoms with Gasteiger partial charge in [-0.3, -0.25) is 28.9 Å². The first-order valence-corrected chi connectivity index (χ1v) is 31.4. The van der Waals surface area contributed by atoms with Gasteiger partial charge in [0.25, 0.3) is 11.8 Å². The lowest BCUT2D eigenvalue weighted by atomic mass is 9.62. The molecule has 0 aromatic heterocycles. The number of hydrogen-bond acceptors (Lipinski definition) is 13. The molecule has 5 aromatic carbocycles. The minimum atomic E-state index is -1.81. The maximum Gasteiger partial charge on any atom is 0.256 e. The minimum absolute atomic E-state index is 0.0392. The van der Waals surface area contributed by atoms with Crippen LogP contribution < -0.4 is 45.9 Å². The number of aliphatic imine (C=N–C) groups is 2. The highest BCUT2D eigenvalue weighted by molar-refractivity contribution is 6.31. The van der Waals surface area contributed by atoms with Gasteiger partial charge in [0, 0.05) is 90.8 Å². The molecule has 2 saturated heterocycles. The maximum atomic E-state index is 16.2. The fourth-order valence-corrected chi connectivity index (χ4v) is 12.9. The van der Waals surface area contributed by atoms with E-state index in [1.54, 1.807) is 54.5 Å². The van der Waals surface area contributed by atoms with Crippen LogP contribution in [0.5, 0.6) is 11.5 Å². The van der Waals surface area contributed by atoms with E-state index in [2.05, 4.69) is 44.1 Å². The van der Waals surface area contributed by atoms with Crippen LogP contribution in [0.15, 0.2) is 131 Å². The van der Waals surface area contributed by atoms with E-state index >= 15 is 8.78 Å². The van der Waals surface area contributed by atoms with E-state index in [0.717, 1.165) is 62.3 Å². The number of carbonyl (C=O) groups is 5. The highest BCUT2D eigenvalue weighted by Gasteiger charge is 2.61. The smallest absolute Gasteiger partial charge is 0.256 e. The predicted octanol–water partition coefficient (Wildman–Crippen LogP) is 12.4. The second kappa shape index (κ2) is 29.5. The number of fused-ring (bicyclic) bond motifs is 1. The minimum Gasteiger partial charge on any atom is -0.495 e. The molecule has 5 amide bonds. The van der Waals surface area contributed by atoms with Gasteiger partial charge in [0.15, 0.2) is 0 Å². The van der Waals surface area contributed by atoms with Gasteiger partial charge >= 0.3 is 0 Å². The van der Waals surface area contributed by atoms with Crippen molar-refractivity contribution in [2.24, 2.45) is 21.3 Å². The van der Waals surface area contributed by atoms with Gasteiger partial charge in [0.05, 0.1) is 60.9 Å². The van der Waals surface area contributed by atoms with E-state index < -0.39 is 46.4 Å². The summed E-state index contributed by atoms with van der Waals surface area (Å²) in [6.45, 7) is 14.6. The third-order valence-corrected chi connectivity index (χ3v) is 17.6. The number of nitrogens with one attached hydrogen (secondary N) is 5. The number of amidine groups is 1. The molecule has 2 fully saturated rings. The average Bonchev–Trinajstić information content (AvgIpc) is 1.59. The number of rotatable bonds is 23. The van der Waals surface area contributed by atoms with Gasteiger partial charge in [0.1, 0.15) is 34.4 Å². The van der Waals surface area contributed by atoms with E-state index in [4.69, 9.17) is 42.7 Å². The number of piperazine rings is 1. The molecule has 1 unspecified atom stereocenters. The average molecular weight is 1280 g/mol. The molecule has 0 aliphatic carbocycles. The fourth-order valence-electron chi connectivity index (χ4n) is 12.5. The number of ether oxygens (including phenoxy) is 2. The molecule has 5 atom stereocenters. The summed E-state index contributed by atoms with van der Waals surface area (Å²) in [7, 11) is 3.00. The van der Waals surface area contributed by atoms with Gasteiger partial charge in [0.2, 0.25) is 23.7 Å². The van der Waals surface area contributed by atoms with Crippen molar-refractivity contribution in [3.8, 4) is 17.6 Å². The number of anilines is 5. The van der Waals surface area contributed by atoms with Crippen molar-refractivity contribution < 1.29 is 42.2 Å². The molecule has 0 spiro atoms. The van der Waals surface area contributed by atoms with Crippen LogP contribution in [0.4, 0.5) is 37.2 Å². The molecular weight excluding hydrogens is 1200 g/mol. The Balaban J connectivity index is 0.697. The number of guanidine groups is 1. The molecule has 4 heterocycles. The molecule has 4 aliphatic rings. The Morgan fingerprint density at radius 2 is 1.55 bits per heavy atom. The number of hydrogen-bond donors (Lipinski definition) is 5. The first-order chi connectivity index (χ1) is 43.7. The number of benzene rings is 5. The van der Waals surface area contributed by atoms with Crippen molar-refractivity contribution in [1.29, 1.82) is 5.26 Å². The Morgan fingerprint density at radius 3 is 2.25 bits per heavy atom. The Hall–Kier alpha value is -8.64.